The molecule has 1 aliphatic heterocycles. The third-order valence-corrected chi connectivity index (χ3v) is 19.9. The van der Waals surface area contributed by atoms with Crippen LogP contribution in [-0.2, 0) is 42.1 Å². The molecular weight excluding hydrogens is 1100 g/mol. The van der Waals surface area contributed by atoms with Crippen molar-refractivity contribution in [2.45, 2.75) is 316 Å². The summed E-state index contributed by atoms with van der Waals surface area (Å²) in [4.78, 5) is 51.8. The average Bonchev–Trinajstić information content (AvgIpc) is 3.47. The van der Waals surface area contributed by atoms with E-state index in [0.717, 1.165) is 51.4 Å². The van der Waals surface area contributed by atoms with Crippen LogP contribution in [0.4, 0.5) is 4.79 Å². The second kappa shape index (κ2) is 42.7. The number of nitrogens with one attached hydrogen (secondary N) is 1. The molecule has 0 radical (unpaired) electrons. The first-order chi connectivity index (χ1) is 38.8. The van der Waals surface area contributed by atoms with E-state index >= 15 is 0 Å². The largest absolute Gasteiger partial charge is 0.472 e. The summed E-state index contributed by atoms with van der Waals surface area (Å²) in [6.45, 7) is 20.9. The Balaban J connectivity index is 1.81. The molecule has 16 nitrogen and oxygen atoms in total. The van der Waals surface area contributed by atoms with Gasteiger partial charge in [0.25, 0.3) is 0 Å². The molecule has 1 amide bonds. The number of nitrogens with zero attached hydrogens (tertiary/aromatic N) is 2. The van der Waals surface area contributed by atoms with Crippen molar-refractivity contribution in [1.29, 1.82) is 0 Å². The molecule has 1 aliphatic carbocycles. The zero-order chi connectivity index (χ0) is 60.9. The normalized spacial score (nSPS) is 20.3. The standard InChI is InChI=1S/C63H122N3O13PS2/c1-12-14-16-18-20-22-24-26-28-30-32-34-36-38-56(67)75-50-55(78-57(68)39-37-35-33-31-29-27-25-23-21-19-17-15-13-2)51-77-80(72,73)76-41-43-82-81-42-40-64-59(70)79-54(49-74-53-46-62(7,8)66(71)63(9,10)47-53)48-65(11)52-44-60(3,4)58(69)61(5,6)45-52/h52-55,58,69,71H,12-51H2,1-11H3,(H,64,70)(H,72,73)/t52?,54?,55-,58?/m1/s1. The molecule has 1 heterocycles. The molecule has 0 bridgehead atoms. The number of hydroxylamine groups is 2. The lowest BCUT2D eigenvalue weighted by atomic mass is 9.61. The summed E-state index contributed by atoms with van der Waals surface area (Å²) >= 11 is 0. The van der Waals surface area contributed by atoms with Gasteiger partial charge in [-0.15, -0.1) is 0 Å². The van der Waals surface area contributed by atoms with E-state index in [0.29, 0.717) is 50.3 Å². The number of carbonyl (C=O) groups is 3. The number of carbonyl (C=O) groups excluding carboxylic acids is 3. The third kappa shape index (κ3) is 35.0. The Morgan fingerprint density at radius 2 is 1.04 bits per heavy atom. The molecule has 1 saturated heterocycles. The van der Waals surface area contributed by atoms with Gasteiger partial charge in [0.15, 0.2) is 6.10 Å². The van der Waals surface area contributed by atoms with Gasteiger partial charge in [0, 0.05) is 54.6 Å². The van der Waals surface area contributed by atoms with Gasteiger partial charge in [0.05, 0.1) is 32.0 Å². The van der Waals surface area contributed by atoms with Gasteiger partial charge in [-0.05, 0) is 84.1 Å². The zero-order valence-corrected chi connectivity index (χ0v) is 56.3. The molecule has 0 aromatic carbocycles. The molecular formula is C63H122N3O13PS2. The number of piperidine rings is 1. The minimum atomic E-state index is -4.55. The van der Waals surface area contributed by atoms with Crippen molar-refractivity contribution in [2.24, 2.45) is 10.8 Å². The number of likely N-dealkylation sites (N-methyl/N-ethyl adjacent to an activating group) is 1. The summed E-state index contributed by atoms with van der Waals surface area (Å²) in [6, 6.07) is 0.159. The van der Waals surface area contributed by atoms with Gasteiger partial charge in [-0.3, -0.25) is 23.5 Å². The molecule has 1 saturated carbocycles. The first-order valence-electron chi connectivity index (χ1n) is 32.5. The van der Waals surface area contributed by atoms with Crippen molar-refractivity contribution >= 4 is 47.4 Å². The van der Waals surface area contributed by atoms with Crippen LogP contribution in [0, 0.1) is 10.8 Å². The second-order valence-electron chi connectivity index (χ2n) is 26.7. The quantitative estimate of drug-likeness (QED) is 0.0147. The number of ether oxygens (including phenoxy) is 4. The highest BCUT2D eigenvalue weighted by Crippen LogP contribution is 2.48. The second-order valence-corrected chi connectivity index (χ2v) is 30.8. The van der Waals surface area contributed by atoms with Crippen LogP contribution in [-0.4, -0.2) is 143 Å². The lowest BCUT2D eigenvalue weighted by Gasteiger charge is -2.52. The molecule has 2 fully saturated rings. The van der Waals surface area contributed by atoms with Crippen molar-refractivity contribution in [3.63, 3.8) is 0 Å². The molecule has 82 heavy (non-hydrogen) atoms. The summed E-state index contributed by atoms with van der Waals surface area (Å²) in [5.41, 5.74) is -1.57. The van der Waals surface area contributed by atoms with Gasteiger partial charge in [-0.2, -0.15) is 5.06 Å². The Morgan fingerprint density at radius 1 is 0.598 bits per heavy atom. The molecule has 2 rings (SSSR count). The van der Waals surface area contributed by atoms with E-state index in [4.69, 9.17) is 28.0 Å². The van der Waals surface area contributed by atoms with Gasteiger partial charge in [-0.25, -0.2) is 9.36 Å². The van der Waals surface area contributed by atoms with E-state index < -0.39 is 61.9 Å². The number of phosphoric acid groups is 1. The summed E-state index contributed by atoms with van der Waals surface area (Å²) in [7, 11) is 0.350. The van der Waals surface area contributed by atoms with Gasteiger partial charge in [0.1, 0.15) is 12.7 Å². The topological polar surface area (TPSA) is 203 Å². The van der Waals surface area contributed by atoms with E-state index in [1.54, 1.807) is 0 Å². The first-order valence-corrected chi connectivity index (χ1v) is 36.5. The number of alkyl carbamates (subject to hydrolysis) is 1. The van der Waals surface area contributed by atoms with E-state index in [1.807, 2.05) is 34.7 Å². The smallest absolute Gasteiger partial charge is 0.462 e. The Kier molecular flexibility index (Phi) is 40.0. The number of hydrogen-bond acceptors (Lipinski definition) is 16. The number of hydrogen-bond donors (Lipinski definition) is 4. The molecule has 2 aliphatic rings. The minimum absolute atomic E-state index is 0.103. The molecule has 2 unspecified atom stereocenters. The first kappa shape index (κ1) is 76.9. The van der Waals surface area contributed by atoms with Gasteiger partial charge >= 0.3 is 25.9 Å². The van der Waals surface area contributed by atoms with Crippen LogP contribution >= 0.6 is 29.4 Å². The Hall–Kier alpha value is -1.18. The maximum Gasteiger partial charge on any atom is 0.472 e. The van der Waals surface area contributed by atoms with E-state index in [1.165, 1.54) is 142 Å². The van der Waals surface area contributed by atoms with Crippen LogP contribution in [0.5, 0.6) is 0 Å². The van der Waals surface area contributed by atoms with Crippen molar-refractivity contribution in [3.05, 3.63) is 0 Å². The van der Waals surface area contributed by atoms with E-state index in [9.17, 15) is 34.2 Å². The Bertz CT molecular complexity index is 1710. The Labute approximate surface area is 507 Å². The maximum absolute atomic E-state index is 13.3. The SMILES string of the molecule is CCCCCCCCCCCCCCCC(=O)OC[C@H](COP(=O)(O)OCCSSCCNC(=O)OC(COC1CC(C)(C)N(O)C(C)(C)C1)CN(C)C1CC(C)(C)C(O)C(C)(C)C1)OC(=O)CCCCCCCCCCCCCCC. The van der Waals surface area contributed by atoms with Crippen molar-refractivity contribution in [1.82, 2.24) is 15.3 Å². The van der Waals surface area contributed by atoms with Crippen molar-refractivity contribution in [2.75, 3.05) is 58.1 Å². The van der Waals surface area contributed by atoms with Crippen LogP contribution in [0.1, 0.15) is 275 Å². The predicted octanol–water partition coefficient (Wildman–Crippen LogP) is 15.9. The number of aliphatic hydroxyl groups is 1. The molecule has 0 aromatic heterocycles. The zero-order valence-electron chi connectivity index (χ0n) is 53.8. The number of esters is 2. The lowest BCUT2D eigenvalue weighted by molar-refractivity contribution is -0.262. The average molecular weight is 1220 g/mol. The number of aliphatic hydroxyl groups excluding tert-OH is 1. The fourth-order valence-corrected chi connectivity index (χ4v) is 14.7. The van der Waals surface area contributed by atoms with Gasteiger partial charge in [0.2, 0.25) is 0 Å². The fraction of sp³-hybridized carbons (Fsp3) is 0.952. The molecule has 0 spiro atoms. The highest BCUT2D eigenvalue weighted by molar-refractivity contribution is 8.76. The summed E-state index contributed by atoms with van der Waals surface area (Å²) in [6.07, 6.45) is 31.5. The van der Waals surface area contributed by atoms with Crippen LogP contribution in [0.2, 0.25) is 0 Å². The van der Waals surface area contributed by atoms with Crippen molar-refractivity contribution < 1.29 is 62.2 Å². The summed E-state index contributed by atoms with van der Waals surface area (Å²) in [5.74, 6) is -0.00228. The third-order valence-electron chi connectivity index (χ3n) is 16.6. The monoisotopic (exact) mass is 1220 g/mol. The van der Waals surface area contributed by atoms with E-state index in [-0.39, 0.29) is 55.6 Å². The van der Waals surface area contributed by atoms with Crippen LogP contribution in [0.25, 0.3) is 0 Å². The minimum Gasteiger partial charge on any atom is -0.462 e. The van der Waals surface area contributed by atoms with Crippen LogP contribution < -0.4 is 5.32 Å². The molecule has 3 atom stereocenters. The van der Waals surface area contributed by atoms with Gasteiger partial charge in [-0.1, -0.05) is 217 Å². The highest BCUT2D eigenvalue weighted by atomic mass is 33.1. The fourth-order valence-electron chi connectivity index (χ4n) is 12.1. The Morgan fingerprint density at radius 3 is 1.51 bits per heavy atom. The van der Waals surface area contributed by atoms with Gasteiger partial charge < -0.3 is 39.5 Å². The predicted molar refractivity (Wildman–Crippen MR) is 336 cm³/mol. The number of unbranched alkanes of at least 4 members (excludes halogenated alkanes) is 24. The maximum atomic E-state index is 13.3. The molecule has 19 heteroatoms. The summed E-state index contributed by atoms with van der Waals surface area (Å²) in [5, 5.41) is 26.2. The van der Waals surface area contributed by atoms with Crippen molar-refractivity contribution in [3.8, 4) is 0 Å². The molecule has 4 N–H and O–H groups in total. The lowest BCUT2D eigenvalue weighted by Crippen LogP contribution is -2.60. The van der Waals surface area contributed by atoms with E-state index in [2.05, 4.69) is 51.8 Å². The number of phosphoric ester groups is 1. The summed E-state index contributed by atoms with van der Waals surface area (Å²) < 4.78 is 47.2. The highest BCUT2D eigenvalue weighted by Gasteiger charge is 2.48. The molecule has 0 aromatic rings. The number of amides is 1. The van der Waals surface area contributed by atoms with Crippen LogP contribution in [0.15, 0.2) is 0 Å². The molecule has 484 valence electrons. The van der Waals surface area contributed by atoms with Crippen LogP contribution in [0.3, 0.4) is 0 Å². The number of rotatable bonds is 49.